The molecule has 1 aromatic carbocycles. The van der Waals surface area contributed by atoms with E-state index in [0.29, 0.717) is 17.4 Å². The summed E-state index contributed by atoms with van der Waals surface area (Å²) in [6, 6.07) is 9.63. The van der Waals surface area contributed by atoms with E-state index in [1.807, 2.05) is 36.2 Å². The Balaban J connectivity index is 2.23. The van der Waals surface area contributed by atoms with Crippen molar-refractivity contribution < 1.29 is 4.74 Å². The summed E-state index contributed by atoms with van der Waals surface area (Å²) in [4.78, 5) is 2.27. The van der Waals surface area contributed by atoms with Crippen molar-refractivity contribution in [2.45, 2.75) is 6.54 Å². The fraction of sp³-hybridized carbons (Fsp3) is 0.214. The van der Waals surface area contributed by atoms with Crippen LogP contribution in [0, 0.1) is 0 Å². The van der Waals surface area contributed by atoms with Crippen molar-refractivity contribution in [3.8, 4) is 5.75 Å². The van der Waals surface area contributed by atoms with Crippen LogP contribution in [0.1, 0.15) is 11.1 Å². The Labute approximate surface area is 123 Å². The molecule has 0 aliphatic rings. The molecule has 0 unspecified atom stereocenters. The molecule has 104 valence electrons. The SMILES string of the molecule is COc1cccc(CN(C)c2nnccc2C(N)=S)c1. The number of hydrogen-bond donors (Lipinski definition) is 1. The molecular weight excluding hydrogens is 272 g/mol. The normalized spacial score (nSPS) is 10.1. The van der Waals surface area contributed by atoms with Crippen molar-refractivity contribution in [3.63, 3.8) is 0 Å². The fourth-order valence-corrected chi connectivity index (χ4v) is 2.08. The first-order chi connectivity index (χ1) is 9.61. The van der Waals surface area contributed by atoms with Crippen LogP contribution in [-0.2, 0) is 6.54 Å². The Kier molecular flexibility index (Phi) is 4.47. The van der Waals surface area contributed by atoms with Crippen LogP contribution in [0.5, 0.6) is 5.75 Å². The minimum Gasteiger partial charge on any atom is -0.497 e. The summed E-state index contributed by atoms with van der Waals surface area (Å²) >= 11 is 5.04. The Hall–Kier alpha value is -2.21. The van der Waals surface area contributed by atoms with Gasteiger partial charge in [-0.3, -0.25) is 0 Å². The molecule has 0 atom stereocenters. The molecule has 2 rings (SSSR count). The zero-order valence-electron chi connectivity index (χ0n) is 11.4. The average Bonchev–Trinajstić information content (AvgIpc) is 2.47. The Morgan fingerprint density at radius 1 is 1.40 bits per heavy atom. The predicted octanol–water partition coefficient (Wildman–Crippen LogP) is 1.76. The van der Waals surface area contributed by atoms with E-state index in [0.717, 1.165) is 16.9 Å². The molecule has 0 aliphatic carbocycles. The van der Waals surface area contributed by atoms with Gasteiger partial charge in [0.1, 0.15) is 10.7 Å². The number of aromatic nitrogens is 2. The highest BCUT2D eigenvalue weighted by molar-refractivity contribution is 7.80. The van der Waals surface area contributed by atoms with Crippen LogP contribution < -0.4 is 15.4 Å². The third-order valence-electron chi connectivity index (χ3n) is 2.88. The largest absolute Gasteiger partial charge is 0.497 e. The zero-order valence-corrected chi connectivity index (χ0v) is 12.2. The van der Waals surface area contributed by atoms with E-state index in [1.165, 1.54) is 0 Å². The van der Waals surface area contributed by atoms with Crippen LogP contribution in [0.3, 0.4) is 0 Å². The number of nitrogens with zero attached hydrogens (tertiary/aromatic N) is 3. The number of rotatable bonds is 5. The fourth-order valence-electron chi connectivity index (χ4n) is 1.92. The second-order valence-electron chi connectivity index (χ2n) is 4.34. The molecule has 6 heteroatoms. The average molecular weight is 288 g/mol. The Bertz CT molecular complexity index is 618. The summed E-state index contributed by atoms with van der Waals surface area (Å²) in [5.74, 6) is 1.49. The number of nitrogens with two attached hydrogens (primary N) is 1. The number of methoxy groups -OCH3 is 1. The lowest BCUT2D eigenvalue weighted by Crippen LogP contribution is -2.23. The Morgan fingerprint density at radius 3 is 2.90 bits per heavy atom. The van der Waals surface area contributed by atoms with Gasteiger partial charge >= 0.3 is 0 Å². The molecule has 0 saturated carbocycles. The van der Waals surface area contributed by atoms with Gasteiger partial charge in [-0.2, -0.15) is 5.10 Å². The highest BCUT2D eigenvalue weighted by Crippen LogP contribution is 2.19. The molecule has 1 aromatic heterocycles. The van der Waals surface area contributed by atoms with Gasteiger partial charge in [0.05, 0.1) is 18.9 Å². The molecule has 0 amide bonds. The molecule has 2 aromatic rings. The molecule has 0 fully saturated rings. The first kappa shape index (κ1) is 14.2. The summed E-state index contributed by atoms with van der Waals surface area (Å²) in [6.45, 7) is 0.658. The molecule has 0 aliphatic heterocycles. The zero-order chi connectivity index (χ0) is 14.5. The summed E-state index contributed by atoms with van der Waals surface area (Å²) in [7, 11) is 3.57. The van der Waals surface area contributed by atoms with Crippen LogP contribution in [0.15, 0.2) is 36.5 Å². The van der Waals surface area contributed by atoms with Crippen LogP contribution in [-0.4, -0.2) is 29.3 Å². The first-order valence-corrected chi connectivity index (χ1v) is 6.48. The highest BCUT2D eigenvalue weighted by atomic mass is 32.1. The highest BCUT2D eigenvalue weighted by Gasteiger charge is 2.12. The lowest BCUT2D eigenvalue weighted by atomic mass is 10.2. The second-order valence-corrected chi connectivity index (χ2v) is 4.78. The molecule has 0 saturated heterocycles. The molecule has 0 radical (unpaired) electrons. The van der Waals surface area contributed by atoms with Gasteiger partial charge in [0.2, 0.25) is 0 Å². The van der Waals surface area contributed by atoms with Crippen molar-refractivity contribution in [2.24, 2.45) is 5.73 Å². The number of anilines is 1. The van der Waals surface area contributed by atoms with E-state index < -0.39 is 0 Å². The number of hydrogen-bond acceptors (Lipinski definition) is 5. The predicted molar refractivity (Wildman–Crippen MR) is 83.0 cm³/mol. The maximum absolute atomic E-state index is 5.71. The topological polar surface area (TPSA) is 64.3 Å². The number of thiocarbonyl (C=S) groups is 1. The Morgan fingerprint density at radius 2 is 2.20 bits per heavy atom. The molecule has 5 nitrogen and oxygen atoms in total. The van der Waals surface area contributed by atoms with Gasteiger partial charge < -0.3 is 15.4 Å². The van der Waals surface area contributed by atoms with E-state index in [-0.39, 0.29) is 0 Å². The molecule has 20 heavy (non-hydrogen) atoms. The van der Waals surface area contributed by atoms with Gasteiger partial charge in [-0.05, 0) is 23.8 Å². The van der Waals surface area contributed by atoms with Gasteiger partial charge in [0, 0.05) is 13.6 Å². The standard InChI is InChI=1S/C14H16N4OS/c1-18(9-10-4-3-5-11(8-10)19-2)14-12(13(15)20)6-7-16-17-14/h3-8H,9H2,1-2H3,(H2,15,20). The third-order valence-corrected chi connectivity index (χ3v) is 3.10. The molecule has 1 heterocycles. The monoisotopic (exact) mass is 288 g/mol. The van der Waals surface area contributed by atoms with Gasteiger partial charge in [-0.15, -0.1) is 5.10 Å². The van der Waals surface area contributed by atoms with E-state index in [4.69, 9.17) is 22.7 Å². The maximum Gasteiger partial charge on any atom is 0.161 e. The first-order valence-electron chi connectivity index (χ1n) is 6.07. The van der Waals surface area contributed by atoms with Gasteiger partial charge in [-0.25, -0.2) is 0 Å². The van der Waals surface area contributed by atoms with Crippen molar-refractivity contribution in [1.29, 1.82) is 0 Å². The van der Waals surface area contributed by atoms with Gasteiger partial charge in [0.15, 0.2) is 5.82 Å². The molecular formula is C14H16N4OS. The van der Waals surface area contributed by atoms with Crippen LogP contribution >= 0.6 is 12.2 Å². The molecule has 0 spiro atoms. The van der Waals surface area contributed by atoms with E-state index in [1.54, 1.807) is 19.4 Å². The van der Waals surface area contributed by atoms with Crippen LogP contribution in [0.25, 0.3) is 0 Å². The van der Waals surface area contributed by atoms with Crippen LogP contribution in [0.4, 0.5) is 5.82 Å². The summed E-state index contributed by atoms with van der Waals surface area (Å²) in [6.07, 6.45) is 1.58. The summed E-state index contributed by atoms with van der Waals surface area (Å²) in [5.41, 5.74) is 7.53. The quantitative estimate of drug-likeness (QED) is 0.846. The number of ether oxygens (including phenoxy) is 1. The third kappa shape index (κ3) is 3.21. The van der Waals surface area contributed by atoms with E-state index in [9.17, 15) is 0 Å². The van der Waals surface area contributed by atoms with Crippen LogP contribution in [0.2, 0.25) is 0 Å². The lowest BCUT2D eigenvalue weighted by molar-refractivity contribution is 0.414. The van der Waals surface area contributed by atoms with Gasteiger partial charge in [0.25, 0.3) is 0 Å². The smallest absolute Gasteiger partial charge is 0.161 e. The van der Waals surface area contributed by atoms with Crippen molar-refractivity contribution in [2.75, 3.05) is 19.1 Å². The van der Waals surface area contributed by atoms with Gasteiger partial charge in [-0.1, -0.05) is 24.4 Å². The van der Waals surface area contributed by atoms with E-state index >= 15 is 0 Å². The summed E-state index contributed by atoms with van der Waals surface area (Å²) in [5, 5.41) is 8.01. The van der Waals surface area contributed by atoms with Crippen molar-refractivity contribution >= 4 is 23.0 Å². The lowest BCUT2D eigenvalue weighted by Gasteiger charge is -2.20. The summed E-state index contributed by atoms with van der Waals surface area (Å²) < 4.78 is 5.22. The van der Waals surface area contributed by atoms with Crippen molar-refractivity contribution in [3.05, 3.63) is 47.7 Å². The second kappa shape index (κ2) is 6.29. The molecule has 0 bridgehead atoms. The van der Waals surface area contributed by atoms with Crippen molar-refractivity contribution in [1.82, 2.24) is 10.2 Å². The van der Waals surface area contributed by atoms with E-state index in [2.05, 4.69) is 10.2 Å². The maximum atomic E-state index is 5.71. The number of benzene rings is 1. The minimum absolute atomic E-state index is 0.312. The minimum atomic E-state index is 0.312. The molecule has 2 N–H and O–H groups in total.